The van der Waals surface area contributed by atoms with Gasteiger partial charge in [0, 0.05) is 6.04 Å². The summed E-state index contributed by atoms with van der Waals surface area (Å²) >= 11 is 0. The first-order chi connectivity index (χ1) is 4.46. The van der Waals surface area contributed by atoms with Crippen molar-refractivity contribution in [3.8, 4) is 0 Å². The Morgan fingerprint density at radius 2 is 1.90 bits per heavy atom. The maximum atomic E-state index is 5.88. The van der Waals surface area contributed by atoms with Gasteiger partial charge in [0.2, 0.25) is 0 Å². The molecule has 1 heteroatoms. The molecule has 0 spiro atoms. The second-order valence-electron chi connectivity index (χ2n) is 4.51. The smallest absolute Gasteiger partial charge is 0.00959 e. The van der Waals surface area contributed by atoms with Crippen molar-refractivity contribution < 1.29 is 0 Å². The first-order valence-corrected chi connectivity index (χ1v) is 4.22. The van der Waals surface area contributed by atoms with E-state index in [9.17, 15) is 0 Å². The molecule has 0 bridgehead atoms. The molecule has 0 unspecified atom stereocenters. The second-order valence-corrected chi connectivity index (χ2v) is 4.51. The molecule has 1 rings (SSSR count). The number of hydrogen-bond acceptors (Lipinski definition) is 1. The monoisotopic (exact) mass is 141 g/mol. The molecule has 0 heterocycles. The van der Waals surface area contributed by atoms with Crippen LogP contribution in [0.2, 0.25) is 0 Å². The number of nitrogens with two attached hydrogens (primary N) is 1. The van der Waals surface area contributed by atoms with Gasteiger partial charge in [-0.25, -0.2) is 0 Å². The van der Waals surface area contributed by atoms with E-state index in [0.717, 1.165) is 11.8 Å². The second kappa shape index (κ2) is 2.23. The van der Waals surface area contributed by atoms with Crippen LogP contribution in [-0.2, 0) is 0 Å². The van der Waals surface area contributed by atoms with Crippen LogP contribution < -0.4 is 5.73 Å². The molecule has 1 fully saturated rings. The normalized spacial score (nSPS) is 37.8. The standard InChI is InChI=1S/C9H19N/c1-6(2)7-5-8(10)9(7,3)4/h6-8H,5,10H2,1-4H3/t7-,8-/m0/s1. The molecule has 0 aromatic carbocycles. The largest absolute Gasteiger partial charge is 0.327 e. The van der Waals surface area contributed by atoms with Crippen molar-refractivity contribution in [1.82, 2.24) is 0 Å². The molecule has 0 saturated heterocycles. The first-order valence-electron chi connectivity index (χ1n) is 4.22. The van der Waals surface area contributed by atoms with Gasteiger partial charge < -0.3 is 5.73 Å². The van der Waals surface area contributed by atoms with Crippen molar-refractivity contribution >= 4 is 0 Å². The lowest BCUT2D eigenvalue weighted by Crippen LogP contribution is -2.56. The molecular formula is C9H19N. The Balaban J connectivity index is 2.55. The lowest BCUT2D eigenvalue weighted by Gasteiger charge is -2.52. The molecule has 1 nitrogen and oxygen atoms in total. The fourth-order valence-corrected chi connectivity index (χ4v) is 2.13. The highest BCUT2D eigenvalue weighted by Gasteiger charge is 2.46. The van der Waals surface area contributed by atoms with Crippen molar-refractivity contribution in [2.24, 2.45) is 23.0 Å². The minimum Gasteiger partial charge on any atom is -0.327 e. The van der Waals surface area contributed by atoms with Gasteiger partial charge in [-0.15, -0.1) is 0 Å². The maximum Gasteiger partial charge on any atom is 0.00959 e. The molecule has 0 amide bonds. The van der Waals surface area contributed by atoms with Crippen molar-refractivity contribution in [3.63, 3.8) is 0 Å². The van der Waals surface area contributed by atoms with Gasteiger partial charge >= 0.3 is 0 Å². The Hall–Kier alpha value is -0.0400. The molecule has 60 valence electrons. The van der Waals surface area contributed by atoms with Crippen LogP contribution in [0.15, 0.2) is 0 Å². The SMILES string of the molecule is CC(C)[C@@H]1C[C@H](N)C1(C)C. The summed E-state index contributed by atoms with van der Waals surface area (Å²) in [6.45, 7) is 9.15. The lowest BCUT2D eigenvalue weighted by atomic mass is 9.55. The molecular weight excluding hydrogens is 122 g/mol. The van der Waals surface area contributed by atoms with Crippen LogP contribution in [0.5, 0.6) is 0 Å². The van der Waals surface area contributed by atoms with Gasteiger partial charge in [0.1, 0.15) is 0 Å². The molecule has 10 heavy (non-hydrogen) atoms. The van der Waals surface area contributed by atoms with E-state index in [2.05, 4.69) is 27.7 Å². The average Bonchev–Trinajstić information content (AvgIpc) is 1.82. The third kappa shape index (κ3) is 0.968. The molecule has 0 aliphatic heterocycles. The molecule has 2 atom stereocenters. The van der Waals surface area contributed by atoms with Gasteiger partial charge in [0.15, 0.2) is 0 Å². The molecule has 1 aliphatic rings. The van der Waals surface area contributed by atoms with E-state index in [4.69, 9.17) is 5.73 Å². The number of hydrogen-bond donors (Lipinski definition) is 1. The van der Waals surface area contributed by atoms with Gasteiger partial charge in [0.25, 0.3) is 0 Å². The lowest BCUT2D eigenvalue weighted by molar-refractivity contribution is 0.00346. The predicted molar refractivity (Wildman–Crippen MR) is 44.7 cm³/mol. The van der Waals surface area contributed by atoms with E-state index < -0.39 is 0 Å². The van der Waals surface area contributed by atoms with E-state index in [-0.39, 0.29) is 0 Å². The summed E-state index contributed by atoms with van der Waals surface area (Å²) in [4.78, 5) is 0. The fourth-order valence-electron chi connectivity index (χ4n) is 2.13. The minimum absolute atomic E-state index is 0.397. The summed E-state index contributed by atoms with van der Waals surface area (Å²) in [5.41, 5.74) is 6.28. The van der Waals surface area contributed by atoms with Crippen molar-refractivity contribution in [2.75, 3.05) is 0 Å². The van der Waals surface area contributed by atoms with Gasteiger partial charge in [-0.2, -0.15) is 0 Å². The molecule has 0 aromatic heterocycles. The van der Waals surface area contributed by atoms with Gasteiger partial charge in [0.05, 0.1) is 0 Å². The molecule has 1 aliphatic carbocycles. The topological polar surface area (TPSA) is 26.0 Å². The van der Waals surface area contributed by atoms with Crippen LogP contribution in [-0.4, -0.2) is 6.04 Å². The van der Waals surface area contributed by atoms with E-state index in [1.807, 2.05) is 0 Å². The zero-order valence-electron chi connectivity index (χ0n) is 7.52. The van der Waals surface area contributed by atoms with E-state index in [1.54, 1.807) is 0 Å². The van der Waals surface area contributed by atoms with Crippen molar-refractivity contribution in [3.05, 3.63) is 0 Å². The summed E-state index contributed by atoms with van der Waals surface area (Å²) in [5.74, 6) is 1.65. The Morgan fingerprint density at radius 1 is 1.40 bits per heavy atom. The quantitative estimate of drug-likeness (QED) is 0.594. The zero-order valence-corrected chi connectivity index (χ0v) is 7.52. The first kappa shape index (κ1) is 8.06. The van der Waals surface area contributed by atoms with Crippen LogP contribution in [0, 0.1) is 17.3 Å². The Labute approximate surface area is 64.0 Å². The summed E-state index contributed by atoms with van der Waals surface area (Å²) in [6, 6.07) is 0.444. The van der Waals surface area contributed by atoms with Crippen molar-refractivity contribution in [2.45, 2.75) is 40.2 Å². The van der Waals surface area contributed by atoms with E-state index in [1.165, 1.54) is 6.42 Å². The van der Waals surface area contributed by atoms with Crippen LogP contribution in [0.1, 0.15) is 34.1 Å². The Kier molecular flexibility index (Phi) is 1.80. The van der Waals surface area contributed by atoms with E-state index in [0.29, 0.717) is 11.5 Å². The van der Waals surface area contributed by atoms with Crippen LogP contribution in [0.3, 0.4) is 0 Å². The van der Waals surface area contributed by atoms with Crippen LogP contribution >= 0.6 is 0 Å². The summed E-state index contributed by atoms with van der Waals surface area (Å²) in [7, 11) is 0. The Bertz CT molecular complexity index is 127. The highest BCUT2D eigenvalue weighted by atomic mass is 14.8. The third-order valence-electron chi connectivity index (χ3n) is 3.22. The van der Waals surface area contributed by atoms with Crippen molar-refractivity contribution in [1.29, 1.82) is 0 Å². The maximum absolute atomic E-state index is 5.88. The summed E-state index contributed by atoms with van der Waals surface area (Å²) in [5, 5.41) is 0. The molecule has 0 aromatic rings. The molecule has 1 saturated carbocycles. The highest BCUT2D eigenvalue weighted by Crippen LogP contribution is 2.48. The van der Waals surface area contributed by atoms with Gasteiger partial charge in [-0.05, 0) is 23.7 Å². The van der Waals surface area contributed by atoms with Crippen LogP contribution in [0.25, 0.3) is 0 Å². The van der Waals surface area contributed by atoms with Crippen LogP contribution in [0.4, 0.5) is 0 Å². The predicted octanol–water partition coefficient (Wildman–Crippen LogP) is 2.02. The average molecular weight is 141 g/mol. The summed E-state index contributed by atoms with van der Waals surface area (Å²) in [6.07, 6.45) is 1.23. The number of rotatable bonds is 1. The third-order valence-corrected chi connectivity index (χ3v) is 3.22. The highest BCUT2D eigenvalue weighted by molar-refractivity contribution is 5.00. The van der Waals surface area contributed by atoms with E-state index >= 15 is 0 Å². The van der Waals surface area contributed by atoms with Gasteiger partial charge in [-0.3, -0.25) is 0 Å². The summed E-state index contributed by atoms with van der Waals surface area (Å²) < 4.78 is 0. The Morgan fingerprint density at radius 3 is 2.00 bits per heavy atom. The van der Waals surface area contributed by atoms with Gasteiger partial charge in [-0.1, -0.05) is 27.7 Å². The minimum atomic E-state index is 0.397. The zero-order chi connectivity index (χ0) is 7.94. The molecule has 2 N–H and O–H groups in total. The molecule has 0 radical (unpaired) electrons. The fraction of sp³-hybridized carbons (Fsp3) is 1.00.